The van der Waals surface area contributed by atoms with Crippen LogP contribution >= 0.6 is 0 Å². The van der Waals surface area contributed by atoms with E-state index in [2.05, 4.69) is 80.7 Å². The van der Waals surface area contributed by atoms with Gasteiger partial charge in [0.15, 0.2) is 6.10 Å². The van der Waals surface area contributed by atoms with E-state index in [0.717, 1.165) is 89.9 Å². The smallest absolute Gasteiger partial charge is 0.306 e. The fourth-order valence-electron chi connectivity index (χ4n) is 5.36. The van der Waals surface area contributed by atoms with Crippen LogP contribution in [0.15, 0.2) is 97.2 Å². The van der Waals surface area contributed by atoms with Crippen molar-refractivity contribution in [3.63, 3.8) is 0 Å². The molecule has 0 aliphatic rings. The van der Waals surface area contributed by atoms with Gasteiger partial charge in [0.1, 0.15) is 12.6 Å². The highest BCUT2D eigenvalue weighted by Gasteiger charge is 2.25. The van der Waals surface area contributed by atoms with Crippen molar-refractivity contribution in [3.05, 3.63) is 97.2 Å². The summed E-state index contributed by atoms with van der Waals surface area (Å²) < 4.78 is 17.1. The van der Waals surface area contributed by atoms with Crippen molar-refractivity contribution >= 4 is 17.9 Å². The maximum Gasteiger partial charge on any atom is 0.306 e. The number of aliphatic carboxylic acids is 1. The van der Waals surface area contributed by atoms with E-state index in [1.807, 2.05) is 30.4 Å². The molecule has 0 saturated carbocycles. The number of esters is 2. The Labute approximate surface area is 335 Å². The Balaban J connectivity index is 4.51. The zero-order valence-electron chi connectivity index (χ0n) is 35.0. The fraction of sp³-hybridized carbons (Fsp3) is 0.596. The Bertz CT molecular complexity index is 1220. The number of carbonyl (C=O) groups excluding carboxylic acids is 3. The van der Waals surface area contributed by atoms with Gasteiger partial charge < -0.3 is 28.6 Å². The Morgan fingerprint density at radius 1 is 0.564 bits per heavy atom. The van der Waals surface area contributed by atoms with E-state index >= 15 is 0 Å². The summed E-state index contributed by atoms with van der Waals surface area (Å²) in [6.45, 7) is 4.32. The molecule has 0 heterocycles. The molecule has 0 aromatic rings. The van der Waals surface area contributed by atoms with Crippen LogP contribution in [-0.2, 0) is 28.6 Å². The minimum absolute atomic E-state index is 0.0129. The summed E-state index contributed by atoms with van der Waals surface area (Å²) in [5.41, 5.74) is 0. The van der Waals surface area contributed by atoms with E-state index in [0.29, 0.717) is 12.8 Å². The topological polar surface area (TPSA) is 102 Å². The molecular formula is C47H75NO7. The number of nitrogens with zero attached hydrogens (tertiary/aromatic N) is 1. The van der Waals surface area contributed by atoms with E-state index in [4.69, 9.17) is 14.2 Å². The van der Waals surface area contributed by atoms with Gasteiger partial charge in [-0.1, -0.05) is 137 Å². The minimum atomic E-state index is -1.14. The third-order valence-electron chi connectivity index (χ3n) is 8.56. The third kappa shape index (κ3) is 35.7. The molecule has 2 atom stereocenters. The summed E-state index contributed by atoms with van der Waals surface area (Å²) in [4.78, 5) is 36.8. The van der Waals surface area contributed by atoms with Gasteiger partial charge in [0.25, 0.3) is 0 Å². The van der Waals surface area contributed by atoms with Gasteiger partial charge in [-0.15, -0.1) is 0 Å². The predicted molar refractivity (Wildman–Crippen MR) is 226 cm³/mol. The molecule has 0 amide bonds. The first-order valence-electron chi connectivity index (χ1n) is 20.8. The SMILES string of the molecule is CC/C=C/C=C/C=C/C=C/CCCCCCCC(=O)OCC(COCCC(C(=O)[O-])[N+](C)(C)C)OC(=O)CCCCC/C=C/C/C=C/C/C=C/C/C=C/CC. The molecule has 2 unspecified atom stereocenters. The van der Waals surface area contributed by atoms with Crippen LogP contribution in [0.3, 0.4) is 0 Å². The molecule has 55 heavy (non-hydrogen) atoms. The average Bonchev–Trinajstić information content (AvgIpc) is 3.14. The van der Waals surface area contributed by atoms with Crippen LogP contribution in [0, 0.1) is 0 Å². The largest absolute Gasteiger partial charge is 0.544 e. The third-order valence-corrected chi connectivity index (χ3v) is 8.56. The molecule has 0 aliphatic heterocycles. The summed E-state index contributed by atoms with van der Waals surface area (Å²) in [5, 5.41) is 11.6. The first kappa shape index (κ1) is 51.2. The second-order valence-corrected chi connectivity index (χ2v) is 14.6. The van der Waals surface area contributed by atoms with Crippen molar-refractivity contribution in [2.45, 2.75) is 142 Å². The lowest BCUT2D eigenvalue weighted by Gasteiger charge is -2.34. The summed E-state index contributed by atoms with van der Waals surface area (Å²) in [7, 11) is 5.37. The second-order valence-electron chi connectivity index (χ2n) is 14.6. The zero-order chi connectivity index (χ0) is 40.7. The van der Waals surface area contributed by atoms with Crippen molar-refractivity contribution in [1.29, 1.82) is 0 Å². The van der Waals surface area contributed by atoms with Crippen molar-refractivity contribution in [3.8, 4) is 0 Å². The van der Waals surface area contributed by atoms with Crippen LogP contribution in [0.4, 0.5) is 0 Å². The number of unbranched alkanes of at least 4 members (excludes halogenated alkanes) is 8. The molecule has 0 bridgehead atoms. The maximum atomic E-state index is 12.7. The van der Waals surface area contributed by atoms with Gasteiger partial charge >= 0.3 is 11.9 Å². The molecule has 0 N–H and O–H groups in total. The molecule has 0 saturated heterocycles. The number of allylic oxidation sites excluding steroid dienone is 16. The molecule has 0 aromatic heterocycles. The molecule has 0 radical (unpaired) electrons. The van der Waals surface area contributed by atoms with Crippen LogP contribution in [0.5, 0.6) is 0 Å². The molecule has 0 fully saturated rings. The fourth-order valence-corrected chi connectivity index (χ4v) is 5.36. The van der Waals surface area contributed by atoms with Gasteiger partial charge in [-0.25, -0.2) is 0 Å². The van der Waals surface area contributed by atoms with Crippen LogP contribution in [0.25, 0.3) is 0 Å². The average molecular weight is 766 g/mol. The van der Waals surface area contributed by atoms with Crippen molar-refractivity contribution in [2.75, 3.05) is 41.0 Å². The van der Waals surface area contributed by atoms with Gasteiger partial charge in [-0.3, -0.25) is 9.59 Å². The Hall–Kier alpha value is -3.75. The Morgan fingerprint density at radius 3 is 1.65 bits per heavy atom. The van der Waals surface area contributed by atoms with Crippen molar-refractivity contribution < 1.29 is 38.2 Å². The molecular weight excluding hydrogens is 691 g/mol. The number of hydrogen-bond donors (Lipinski definition) is 0. The standard InChI is InChI=1S/C47H75NO7/c1-6-8-10-12-14-16-18-20-22-24-26-28-30-32-34-36-38-46(50)55-43(41-53-40-39-44(47(51)52)48(3,4)5)42-54-45(49)37-35-33-31-29-27-25-23-21-19-17-15-13-11-9-7-2/h8-11,13-17,19-23,26,28,43-44H,6-7,12,18,24-25,27,29-42H2,1-5H3/b10-8+,11-9+,15-13+,16-14+,19-17+,22-20+,23-21+,28-26+. The maximum absolute atomic E-state index is 12.7. The Morgan fingerprint density at radius 2 is 1.05 bits per heavy atom. The number of carboxylic acid groups (broad SMARTS) is 1. The highest BCUT2D eigenvalue weighted by Crippen LogP contribution is 2.12. The van der Waals surface area contributed by atoms with E-state index in [1.165, 1.54) is 0 Å². The monoisotopic (exact) mass is 766 g/mol. The summed E-state index contributed by atoms with van der Waals surface area (Å²) in [5.74, 6) is -1.82. The number of hydrogen-bond acceptors (Lipinski definition) is 7. The zero-order valence-corrected chi connectivity index (χ0v) is 35.0. The summed E-state index contributed by atoms with van der Waals surface area (Å²) >= 11 is 0. The molecule has 0 aliphatic carbocycles. The molecule has 0 rings (SSSR count). The second kappa shape index (κ2) is 37.2. The van der Waals surface area contributed by atoms with Crippen LogP contribution in [0.1, 0.15) is 129 Å². The molecule has 8 heteroatoms. The van der Waals surface area contributed by atoms with E-state index in [9.17, 15) is 19.5 Å². The van der Waals surface area contributed by atoms with Crippen molar-refractivity contribution in [2.24, 2.45) is 0 Å². The molecule has 310 valence electrons. The van der Waals surface area contributed by atoms with Crippen molar-refractivity contribution in [1.82, 2.24) is 0 Å². The number of ether oxygens (including phenoxy) is 3. The van der Waals surface area contributed by atoms with Gasteiger partial charge in [-0.2, -0.15) is 0 Å². The van der Waals surface area contributed by atoms with Gasteiger partial charge in [0, 0.05) is 19.3 Å². The minimum Gasteiger partial charge on any atom is -0.544 e. The van der Waals surface area contributed by atoms with E-state index in [-0.39, 0.29) is 49.1 Å². The van der Waals surface area contributed by atoms with Gasteiger partial charge in [0.2, 0.25) is 0 Å². The lowest BCUT2D eigenvalue weighted by Crippen LogP contribution is -2.55. The summed E-state index contributed by atoms with van der Waals surface area (Å²) in [6, 6.07) is -0.741. The lowest BCUT2D eigenvalue weighted by atomic mass is 10.1. The van der Waals surface area contributed by atoms with Crippen LogP contribution in [0.2, 0.25) is 0 Å². The van der Waals surface area contributed by atoms with E-state index in [1.54, 1.807) is 21.1 Å². The van der Waals surface area contributed by atoms with Crippen LogP contribution < -0.4 is 5.11 Å². The highest BCUT2D eigenvalue weighted by molar-refractivity contribution is 5.70. The first-order chi connectivity index (χ1) is 26.6. The van der Waals surface area contributed by atoms with Crippen LogP contribution in [-0.4, -0.2) is 75.5 Å². The van der Waals surface area contributed by atoms with Gasteiger partial charge in [-0.05, 0) is 70.6 Å². The quantitative estimate of drug-likeness (QED) is 0.0208. The predicted octanol–water partition coefficient (Wildman–Crippen LogP) is 9.79. The van der Waals surface area contributed by atoms with E-state index < -0.39 is 18.1 Å². The number of rotatable bonds is 35. The number of quaternary nitrogens is 1. The Kier molecular flexibility index (Phi) is 34.7. The number of likely N-dealkylation sites (N-methyl/N-ethyl adjacent to an activating group) is 1. The molecule has 0 aromatic carbocycles. The lowest BCUT2D eigenvalue weighted by molar-refractivity contribution is -0.889. The first-order valence-corrected chi connectivity index (χ1v) is 20.8. The van der Waals surface area contributed by atoms with Gasteiger partial charge in [0.05, 0.1) is 40.3 Å². The normalized spacial score (nSPS) is 14.0. The molecule has 8 nitrogen and oxygen atoms in total. The highest BCUT2D eigenvalue weighted by atomic mass is 16.6. The number of carbonyl (C=O) groups is 3. The summed E-state index contributed by atoms with van der Waals surface area (Å²) in [6.07, 6.45) is 48.6. The number of carboxylic acids is 1. The molecule has 0 spiro atoms.